The Hall–Kier alpha value is -1.14. The van der Waals surface area contributed by atoms with Crippen LogP contribution in [-0.2, 0) is 9.53 Å². The molecule has 0 saturated heterocycles. The number of ether oxygens (including phenoxy) is 1. The minimum atomic E-state index is -0.895. The lowest BCUT2D eigenvalue weighted by molar-refractivity contribution is -0.118. The van der Waals surface area contributed by atoms with Crippen molar-refractivity contribution in [2.75, 3.05) is 25.5 Å². The fourth-order valence-electron chi connectivity index (χ4n) is 1.70. The molecule has 1 N–H and O–H groups in total. The van der Waals surface area contributed by atoms with Gasteiger partial charge in [0.1, 0.15) is 0 Å². The second-order valence-corrected chi connectivity index (χ2v) is 6.14. The third kappa shape index (κ3) is 6.44. The molecule has 1 fully saturated rings. The Balaban J connectivity index is 1.53. The molecule has 3 nitrogen and oxygen atoms in total. The van der Waals surface area contributed by atoms with Crippen molar-refractivity contribution in [3.05, 3.63) is 29.8 Å². The number of carbonyl (C=O) groups excluding carboxylic acids is 1. The number of thioether (sulfide) groups is 1. The first-order valence-corrected chi connectivity index (χ1v) is 8.06. The molecule has 0 spiro atoms. The molecule has 0 radical (unpaired) electrons. The maximum absolute atomic E-state index is 13.0. The summed E-state index contributed by atoms with van der Waals surface area (Å²) in [5, 5.41) is 2.78. The van der Waals surface area contributed by atoms with Crippen molar-refractivity contribution in [1.82, 2.24) is 5.32 Å². The van der Waals surface area contributed by atoms with E-state index in [9.17, 15) is 13.6 Å². The summed E-state index contributed by atoms with van der Waals surface area (Å²) in [4.78, 5) is 12.1. The van der Waals surface area contributed by atoms with Gasteiger partial charge >= 0.3 is 0 Å². The summed E-state index contributed by atoms with van der Waals surface area (Å²) in [5.41, 5.74) is 0. The molecule has 0 heterocycles. The van der Waals surface area contributed by atoms with Crippen LogP contribution >= 0.6 is 11.8 Å². The Morgan fingerprint density at radius 1 is 1.33 bits per heavy atom. The Morgan fingerprint density at radius 2 is 2.14 bits per heavy atom. The zero-order valence-electron chi connectivity index (χ0n) is 11.7. The summed E-state index contributed by atoms with van der Waals surface area (Å²) >= 11 is 1.18. The molecule has 1 aromatic carbocycles. The Kier molecular flexibility index (Phi) is 6.45. The number of halogens is 2. The zero-order chi connectivity index (χ0) is 15.1. The summed E-state index contributed by atoms with van der Waals surface area (Å²) in [6.45, 7) is 2.06. The number of hydrogen-bond donors (Lipinski definition) is 1. The largest absolute Gasteiger partial charge is 0.381 e. The standard InChI is InChI=1S/C15H19F2NO2S/c16-13-5-4-12(8-14(13)17)21-10-15(19)18-6-1-7-20-9-11-2-3-11/h4-5,8,11H,1-3,6-7,9-10H2,(H,18,19). The van der Waals surface area contributed by atoms with Crippen LogP contribution in [0.4, 0.5) is 8.78 Å². The Bertz CT molecular complexity index is 481. The predicted octanol–water partition coefficient (Wildman–Crippen LogP) is 2.99. The highest BCUT2D eigenvalue weighted by atomic mass is 32.2. The highest BCUT2D eigenvalue weighted by Crippen LogP contribution is 2.28. The fraction of sp³-hybridized carbons (Fsp3) is 0.533. The lowest BCUT2D eigenvalue weighted by Gasteiger charge is -2.06. The van der Waals surface area contributed by atoms with Gasteiger partial charge in [0, 0.05) is 24.7 Å². The Morgan fingerprint density at radius 3 is 2.86 bits per heavy atom. The molecule has 6 heteroatoms. The molecule has 1 aromatic rings. The van der Waals surface area contributed by atoms with Gasteiger partial charge in [-0.15, -0.1) is 11.8 Å². The van der Waals surface area contributed by atoms with Crippen LogP contribution in [0.25, 0.3) is 0 Å². The zero-order valence-corrected chi connectivity index (χ0v) is 12.6. The van der Waals surface area contributed by atoms with E-state index in [0.717, 1.165) is 31.1 Å². The van der Waals surface area contributed by atoms with Crippen LogP contribution in [0, 0.1) is 17.6 Å². The van der Waals surface area contributed by atoms with E-state index in [-0.39, 0.29) is 11.7 Å². The van der Waals surface area contributed by atoms with Crippen LogP contribution in [0.15, 0.2) is 23.1 Å². The number of benzene rings is 1. The van der Waals surface area contributed by atoms with Gasteiger partial charge in [0.05, 0.1) is 5.75 Å². The van der Waals surface area contributed by atoms with Gasteiger partial charge in [0.25, 0.3) is 0 Å². The lowest BCUT2D eigenvalue weighted by atomic mass is 10.3. The highest BCUT2D eigenvalue weighted by molar-refractivity contribution is 8.00. The maximum atomic E-state index is 13.0. The maximum Gasteiger partial charge on any atom is 0.230 e. The predicted molar refractivity (Wildman–Crippen MR) is 78.3 cm³/mol. The van der Waals surface area contributed by atoms with E-state index in [0.29, 0.717) is 18.0 Å². The van der Waals surface area contributed by atoms with Crippen molar-refractivity contribution in [2.24, 2.45) is 5.92 Å². The van der Waals surface area contributed by atoms with Crippen LogP contribution in [0.2, 0.25) is 0 Å². The molecule has 21 heavy (non-hydrogen) atoms. The summed E-state index contributed by atoms with van der Waals surface area (Å²) in [6, 6.07) is 3.62. The summed E-state index contributed by atoms with van der Waals surface area (Å²) < 4.78 is 31.2. The second kappa shape index (κ2) is 8.34. The van der Waals surface area contributed by atoms with Crippen LogP contribution in [0.3, 0.4) is 0 Å². The van der Waals surface area contributed by atoms with Crippen molar-refractivity contribution in [1.29, 1.82) is 0 Å². The van der Waals surface area contributed by atoms with Gasteiger partial charge in [-0.3, -0.25) is 4.79 Å². The van der Waals surface area contributed by atoms with Gasteiger partial charge in [0.15, 0.2) is 11.6 Å². The van der Waals surface area contributed by atoms with Gasteiger partial charge in [-0.25, -0.2) is 8.78 Å². The smallest absolute Gasteiger partial charge is 0.230 e. The fourth-order valence-corrected chi connectivity index (χ4v) is 2.45. The van der Waals surface area contributed by atoms with Crippen LogP contribution in [-0.4, -0.2) is 31.4 Å². The third-order valence-electron chi connectivity index (χ3n) is 3.10. The summed E-state index contributed by atoms with van der Waals surface area (Å²) in [6.07, 6.45) is 3.34. The number of amides is 1. The first kappa shape index (κ1) is 16.2. The number of nitrogens with one attached hydrogen (secondary N) is 1. The van der Waals surface area contributed by atoms with Crippen molar-refractivity contribution >= 4 is 17.7 Å². The van der Waals surface area contributed by atoms with E-state index in [2.05, 4.69) is 5.32 Å². The lowest BCUT2D eigenvalue weighted by Crippen LogP contribution is -2.26. The van der Waals surface area contributed by atoms with E-state index >= 15 is 0 Å². The van der Waals surface area contributed by atoms with Crippen molar-refractivity contribution in [2.45, 2.75) is 24.2 Å². The van der Waals surface area contributed by atoms with Crippen molar-refractivity contribution in [3.8, 4) is 0 Å². The molecule has 0 atom stereocenters. The van der Waals surface area contributed by atoms with E-state index in [1.807, 2.05) is 0 Å². The van der Waals surface area contributed by atoms with E-state index < -0.39 is 11.6 Å². The molecule has 1 amide bonds. The average molecular weight is 315 g/mol. The van der Waals surface area contributed by atoms with Crippen molar-refractivity contribution < 1.29 is 18.3 Å². The van der Waals surface area contributed by atoms with Crippen LogP contribution < -0.4 is 5.32 Å². The summed E-state index contributed by atoms with van der Waals surface area (Å²) in [5.74, 6) is -0.948. The highest BCUT2D eigenvalue weighted by Gasteiger charge is 2.20. The van der Waals surface area contributed by atoms with E-state index in [1.54, 1.807) is 0 Å². The number of hydrogen-bond acceptors (Lipinski definition) is 3. The van der Waals surface area contributed by atoms with Gasteiger partial charge in [0.2, 0.25) is 5.91 Å². The Labute approximate surface area is 127 Å². The minimum absolute atomic E-state index is 0.119. The third-order valence-corrected chi connectivity index (χ3v) is 4.09. The first-order chi connectivity index (χ1) is 10.1. The first-order valence-electron chi connectivity index (χ1n) is 7.07. The molecule has 0 aromatic heterocycles. The van der Waals surface area contributed by atoms with Crippen LogP contribution in [0.5, 0.6) is 0 Å². The molecule has 2 rings (SSSR count). The second-order valence-electron chi connectivity index (χ2n) is 5.09. The SMILES string of the molecule is O=C(CSc1ccc(F)c(F)c1)NCCCOCC1CC1. The van der Waals surface area contributed by atoms with Crippen LogP contribution in [0.1, 0.15) is 19.3 Å². The molecule has 1 aliphatic carbocycles. The van der Waals surface area contributed by atoms with Crippen molar-refractivity contribution in [3.63, 3.8) is 0 Å². The molecule has 1 saturated carbocycles. The topological polar surface area (TPSA) is 38.3 Å². The molecule has 1 aliphatic rings. The molecule has 0 bridgehead atoms. The van der Waals surface area contributed by atoms with Gasteiger partial charge in [-0.1, -0.05) is 0 Å². The molecule has 0 unspecified atom stereocenters. The van der Waals surface area contributed by atoms with E-state index in [4.69, 9.17) is 4.74 Å². The average Bonchev–Trinajstić information content (AvgIpc) is 3.28. The molecular weight excluding hydrogens is 296 g/mol. The monoisotopic (exact) mass is 315 g/mol. The van der Waals surface area contributed by atoms with Gasteiger partial charge in [-0.05, 0) is 43.4 Å². The van der Waals surface area contributed by atoms with Gasteiger partial charge < -0.3 is 10.1 Å². The number of carbonyl (C=O) groups is 1. The normalized spacial score (nSPS) is 14.2. The number of rotatable bonds is 9. The summed E-state index contributed by atoms with van der Waals surface area (Å²) in [7, 11) is 0. The molecular formula is C15H19F2NO2S. The quantitative estimate of drug-likeness (QED) is 0.562. The molecule has 116 valence electrons. The molecule has 0 aliphatic heterocycles. The van der Waals surface area contributed by atoms with Gasteiger partial charge in [-0.2, -0.15) is 0 Å². The van der Waals surface area contributed by atoms with E-state index in [1.165, 1.54) is 30.7 Å². The minimum Gasteiger partial charge on any atom is -0.381 e.